The van der Waals surface area contributed by atoms with Crippen LogP contribution >= 0.6 is 11.6 Å². The predicted molar refractivity (Wildman–Crippen MR) is 127 cm³/mol. The first-order valence-corrected chi connectivity index (χ1v) is 11.3. The summed E-state index contributed by atoms with van der Waals surface area (Å²) in [6, 6.07) is 29.9. The van der Waals surface area contributed by atoms with E-state index in [1.165, 1.54) is 0 Å². The molecule has 1 aliphatic heterocycles. The van der Waals surface area contributed by atoms with Gasteiger partial charge < -0.3 is 4.90 Å². The van der Waals surface area contributed by atoms with Crippen molar-refractivity contribution in [2.24, 2.45) is 0 Å². The molecule has 1 fully saturated rings. The molecule has 3 aromatic rings. The summed E-state index contributed by atoms with van der Waals surface area (Å²) in [4.78, 5) is 17.3. The molecule has 1 heterocycles. The summed E-state index contributed by atoms with van der Waals surface area (Å²) < 4.78 is 0. The van der Waals surface area contributed by atoms with Crippen molar-refractivity contribution in [3.8, 4) is 6.07 Å². The first kappa shape index (κ1) is 22.1. The maximum atomic E-state index is 13.2. The van der Waals surface area contributed by atoms with Gasteiger partial charge in [-0.25, -0.2) is 0 Å². The van der Waals surface area contributed by atoms with Gasteiger partial charge in [0.25, 0.3) is 0 Å². The van der Waals surface area contributed by atoms with Gasteiger partial charge in [-0.05, 0) is 28.8 Å². The van der Waals surface area contributed by atoms with Crippen LogP contribution in [0.2, 0.25) is 5.02 Å². The molecular weight excluding hydrogens is 418 g/mol. The predicted octanol–water partition coefficient (Wildman–Crippen LogP) is 5.27. The van der Waals surface area contributed by atoms with Crippen molar-refractivity contribution in [3.05, 3.63) is 107 Å². The van der Waals surface area contributed by atoms with Crippen molar-refractivity contribution in [2.75, 3.05) is 26.2 Å². The zero-order valence-electron chi connectivity index (χ0n) is 17.9. The number of rotatable bonds is 6. The molecule has 0 spiro atoms. The van der Waals surface area contributed by atoms with Gasteiger partial charge in [0.15, 0.2) is 0 Å². The molecule has 0 aliphatic carbocycles. The van der Waals surface area contributed by atoms with Gasteiger partial charge >= 0.3 is 0 Å². The lowest BCUT2D eigenvalue weighted by atomic mass is 9.88. The summed E-state index contributed by atoms with van der Waals surface area (Å²) in [6.45, 7) is 2.57. The number of hydrogen-bond donors (Lipinski definition) is 0. The van der Waals surface area contributed by atoms with Gasteiger partial charge in [0.05, 0.1) is 6.07 Å². The fraction of sp³-hybridized carbons (Fsp3) is 0.259. The fourth-order valence-electron chi connectivity index (χ4n) is 4.38. The Kier molecular flexibility index (Phi) is 7.21. The third-order valence-electron chi connectivity index (χ3n) is 6.10. The van der Waals surface area contributed by atoms with E-state index in [1.54, 1.807) is 0 Å². The highest BCUT2D eigenvalue weighted by atomic mass is 35.5. The Morgan fingerprint density at radius 2 is 1.41 bits per heavy atom. The van der Waals surface area contributed by atoms with E-state index in [0.29, 0.717) is 37.6 Å². The monoisotopic (exact) mass is 443 g/mol. The normalized spacial score (nSPS) is 15.3. The van der Waals surface area contributed by atoms with Gasteiger partial charge in [0, 0.05) is 43.5 Å². The van der Waals surface area contributed by atoms with Crippen LogP contribution in [0.15, 0.2) is 84.9 Å². The van der Waals surface area contributed by atoms with Crippen molar-refractivity contribution >= 4 is 17.5 Å². The quantitative estimate of drug-likeness (QED) is 0.521. The molecule has 3 aromatic carbocycles. The third kappa shape index (κ3) is 5.19. The SMILES string of the molecule is N#CC(c1cccc(Cl)c1)N1CCN(C(=O)CC(c2ccccc2)c2ccccc2)CC1. The van der Waals surface area contributed by atoms with E-state index in [9.17, 15) is 10.1 Å². The van der Waals surface area contributed by atoms with Crippen molar-refractivity contribution in [3.63, 3.8) is 0 Å². The van der Waals surface area contributed by atoms with Gasteiger partial charge in [-0.15, -0.1) is 0 Å². The van der Waals surface area contributed by atoms with E-state index in [1.807, 2.05) is 65.6 Å². The minimum absolute atomic E-state index is 0.0289. The summed E-state index contributed by atoms with van der Waals surface area (Å²) in [5.41, 5.74) is 3.19. The Morgan fingerprint density at radius 1 is 0.844 bits per heavy atom. The smallest absolute Gasteiger partial charge is 0.223 e. The molecule has 0 radical (unpaired) electrons. The fourth-order valence-corrected chi connectivity index (χ4v) is 4.57. The first-order valence-electron chi connectivity index (χ1n) is 10.9. The number of carbonyl (C=O) groups excluding carboxylic acids is 1. The van der Waals surface area contributed by atoms with Gasteiger partial charge in [-0.1, -0.05) is 84.4 Å². The second kappa shape index (κ2) is 10.5. The van der Waals surface area contributed by atoms with E-state index in [2.05, 4.69) is 35.2 Å². The molecule has 5 heteroatoms. The van der Waals surface area contributed by atoms with E-state index in [0.717, 1.165) is 16.7 Å². The molecule has 0 bridgehead atoms. The summed E-state index contributed by atoms with van der Waals surface area (Å²) in [7, 11) is 0. The van der Waals surface area contributed by atoms with Crippen LogP contribution in [-0.2, 0) is 4.79 Å². The Balaban J connectivity index is 1.43. The number of nitrogens with zero attached hydrogens (tertiary/aromatic N) is 3. The number of nitriles is 1. The largest absolute Gasteiger partial charge is 0.340 e. The summed E-state index contributed by atoms with van der Waals surface area (Å²) in [6.07, 6.45) is 0.435. The van der Waals surface area contributed by atoms with E-state index < -0.39 is 0 Å². The Labute approximate surface area is 194 Å². The topological polar surface area (TPSA) is 47.3 Å². The van der Waals surface area contributed by atoms with Crippen LogP contribution in [0.4, 0.5) is 0 Å². The molecule has 1 atom stereocenters. The molecular formula is C27H26ClN3O. The molecule has 32 heavy (non-hydrogen) atoms. The molecule has 1 aliphatic rings. The van der Waals surface area contributed by atoms with Gasteiger partial charge in [0.2, 0.25) is 5.91 Å². The van der Waals surface area contributed by atoms with Crippen molar-refractivity contribution in [1.29, 1.82) is 5.26 Å². The lowest BCUT2D eigenvalue weighted by Gasteiger charge is -2.37. The van der Waals surface area contributed by atoms with Gasteiger partial charge in [-0.3, -0.25) is 9.69 Å². The van der Waals surface area contributed by atoms with Crippen LogP contribution in [0.3, 0.4) is 0 Å². The third-order valence-corrected chi connectivity index (χ3v) is 6.34. The van der Waals surface area contributed by atoms with Crippen LogP contribution < -0.4 is 0 Å². The van der Waals surface area contributed by atoms with E-state index in [4.69, 9.17) is 11.6 Å². The number of hydrogen-bond acceptors (Lipinski definition) is 3. The van der Waals surface area contributed by atoms with Crippen molar-refractivity contribution in [1.82, 2.24) is 9.80 Å². The van der Waals surface area contributed by atoms with Crippen molar-refractivity contribution in [2.45, 2.75) is 18.4 Å². The number of amides is 1. The highest BCUT2D eigenvalue weighted by Crippen LogP contribution is 2.29. The van der Waals surface area contributed by atoms with E-state index >= 15 is 0 Å². The zero-order valence-corrected chi connectivity index (χ0v) is 18.7. The minimum Gasteiger partial charge on any atom is -0.340 e. The second-order valence-electron chi connectivity index (χ2n) is 8.08. The summed E-state index contributed by atoms with van der Waals surface area (Å²) >= 11 is 6.12. The molecule has 0 N–H and O–H groups in total. The molecule has 0 saturated carbocycles. The van der Waals surface area contributed by atoms with Gasteiger partial charge in [0.1, 0.15) is 6.04 Å². The van der Waals surface area contributed by atoms with Crippen LogP contribution in [0.25, 0.3) is 0 Å². The minimum atomic E-state index is -0.354. The maximum absolute atomic E-state index is 13.2. The van der Waals surface area contributed by atoms with Crippen LogP contribution in [0.1, 0.15) is 35.1 Å². The number of benzene rings is 3. The Morgan fingerprint density at radius 3 is 1.94 bits per heavy atom. The Hall–Kier alpha value is -3.13. The highest BCUT2D eigenvalue weighted by molar-refractivity contribution is 6.30. The molecule has 4 rings (SSSR count). The molecule has 1 amide bonds. The number of piperazine rings is 1. The maximum Gasteiger partial charge on any atom is 0.223 e. The second-order valence-corrected chi connectivity index (χ2v) is 8.52. The van der Waals surface area contributed by atoms with Crippen molar-refractivity contribution < 1.29 is 4.79 Å². The lowest BCUT2D eigenvalue weighted by Crippen LogP contribution is -2.49. The van der Waals surface area contributed by atoms with Crippen LogP contribution in [0.5, 0.6) is 0 Å². The molecule has 0 aromatic heterocycles. The Bertz CT molecular complexity index is 1030. The standard InChI is InChI=1S/C27H26ClN3O/c28-24-13-7-12-23(18-24)26(20-29)30-14-16-31(17-15-30)27(32)19-25(21-8-3-1-4-9-21)22-10-5-2-6-11-22/h1-13,18,25-26H,14-17,19H2. The molecule has 1 saturated heterocycles. The molecule has 4 nitrogen and oxygen atoms in total. The zero-order chi connectivity index (χ0) is 22.3. The average molecular weight is 444 g/mol. The first-order chi connectivity index (χ1) is 15.7. The number of halogens is 1. The van der Waals surface area contributed by atoms with Crippen LogP contribution in [-0.4, -0.2) is 41.9 Å². The average Bonchev–Trinajstić information content (AvgIpc) is 2.84. The van der Waals surface area contributed by atoms with Crippen LogP contribution in [0, 0.1) is 11.3 Å². The summed E-state index contributed by atoms with van der Waals surface area (Å²) in [5.74, 6) is 0.180. The molecule has 1 unspecified atom stereocenters. The lowest BCUT2D eigenvalue weighted by molar-refractivity contribution is -0.133. The van der Waals surface area contributed by atoms with E-state index in [-0.39, 0.29) is 17.9 Å². The summed E-state index contributed by atoms with van der Waals surface area (Å²) in [5, 5.41) is 10.4. The number of carbonyl (C=O) groups is 1. The highest BCUT2D eigenvalue weighted by Gasteiger charge is 2.29. The molecule has 162 valence electrons. The van der Waals surface area contributed by atoms with Gasteiger partial charge in [-0.2, -0.15) is 5.26 Å².